The van der Waals surface area contributed by atoms with Crippen molar-refractivity contribution in [1.82, 2.24) is 4.31 Å². The first-order chi connectivity index (χ1) is 9.88. The van der Waals surface area contributed by atoms with E-state index in [1.807, 2.05) is 6.07 Å². The molecule has 21 heavy (non-hydrogen) atoms. The smallest absolute Gasteiger partial charge is 0.252 e. The van der Waals surface area contributed by atoms with E-state index in [0.717, 1.165) is 22.9 Å². The van der Waals surface area contributed by atoms with Gasteiger partial charge in [-0.1, -0.05) is 11.6 Å². The topological polar surface area (TPSA) is 57.6 Å². The van der Waals surface area contributed by atoms with E-state index in [1.165, 1.54) is 22.7 Å². The Morgan fingerprint density at radius 3 is 2.81 bits per heavy atom. The SMILES string of the molecule is CN(CC(O)C1CC1)S(=O)(=O)c1cc2cc(Cl)ccc2s1. The van der Waals surface area contributed by atoms with Crippen molar-refractivity contribution in [1.29, 1.82) is 0 Å². The summed E-state index contributed by atoms with van der Waals surface area (Å²) in [6.07, 6.45) is 1.39. The van der Waals surface area contributed by atoms with Crippen molar-refractivity contribution in [2.45, 2.75) is 23.2 Å². The number of benzene rings is 1. The maximum atomic E-state index is 12.6. The van der Waals surface area contributed by atoms with Crippen LogP contribution < -0.4 is 0 Å². The summed E-state index contributed by atoms with van der Waals surface area (Å²) in [5.74, 6) is 0.254. The third kappa shape index (κ3) is 3.10. The summed E-state index contributed by atoms with van der Waals surface area (Å²) in [4.78, 5) is 0. The fourth-order valence-electron chi connectivity index (χ4n) is 2.26. The van der Waals surface area contributed by atoms with Crippen molar-refractivity contribution < 1.29 is 13.5 Å². The van der Waals surface area contributed by atoms with Crippen molar-refractivity contribution in [2.75, 3.05) is 13.6 Å². The van der Waals surface area contributed by atoms with Gasteiger partial charge >= 0.3 is 0 Å². The number of aliphatic hydroxyl groups is 1. The molecule has 1 unspecified atom stereocenters. The molecule has 1 heterocycles. The molecule has 7 heteroatoms. The molecule has 1 aliphatic carbocycles. The van der Waals surface area contributed by atoms with Crippen LogP contribution in [-0.4, -0.2) is 37.5 Å². The zero-order valence-electron chi connectivity index (χ0n) is 11.5. The maximum absolute atomic E-state index is 12.6. The van der Waals surface area contributed by atoms with E-state index < -0.39 is 16.1 Å². The Hall–Kier alpha value is -0.660. The van der Waals surface area contributed by atoms with E-state index in [9.17, 15) is 13.5 Å². The maximum Gasteiger partial charge on any atom is 0.252 e. The minimum absolute atomic E-state index is 0.141. The molecule has 1 aromatic heterocycles. The van der Waals surface area contributed by atoms with Crippen molar-refractivity contribution in [3.05, 3.63) is 29.3 Å². The Bertz CT molecular complexity index is 768. The Balaban J connectivity index is 1.87. The minimum atomic E-state index is -3.57. The van der Waals surface area contributed by atoms with Crippen LogP contribution in [0.2, 0.25) is 5.02 Å². The molecular weight excluding hydrogens is 330 g/mol. The number of rotatable bonds is 5. The average molecular weight is 346 g/mol. The van der Waals surface area contributed by atoms with Gasteiger partial charge in [-0.25, -0.2) is 8.42 Å². The molecule has 0 radical (unpaired) electrons. The molecule has 0 spiro atoms. The first-order valence-electron chi connectivity index (χ1n) is 6.71. The second-order valence-electron chi connectivity index (χ2n) is 5.44. The summed E-state index contributed by atoms with van der Waals surface area (Å²) in [7, 11) is -2.05. The predicted molar refractivity (Wildman–Crippen MR) is 85.4 cm³/mol. The number of hydrogen-bond donors (Lipinski definition) is 1. The van der Waals surface area contributed by atoms with Crippen LogP contribution in [-0.2, 0) is 10.0 Å². The molecule has 1 aromatic carbocycles. The summed E-state index contributed by atoms with van der Waals surface area (Å²) in [5.41, 5.74) is 0. The standard InChI is InChI=1S/C14H16ClNO3S2/c1-16(8-12(17)9-2-3-9)21(18,19)14-7-10-6-11(15)4-5-13(10)20-14/h4-7,9,12,17H,2-3,8H2,1H3. The highest BCUT2D eigenvalue weighted by atomic mass is 35.5. The summed E-state index contributed by atoms with van der Waals surface area (Å²) in [5, 5.41) is 11.3. The van der Waals surface area contributed by atoms with E-state index in [0.29, 0.717) is 5.02 Å². The molecule has 0 amide bonds. The minimum Gasteiger partial charge on any atom is -0.391 e. The quantitative estimate of drug-likeness (QED) is 0.906. The number of halogens is 1. The number of fused-ring (bicyclic) bond motifs is 1. The first-order valence-corrected chi connectivity index (χ1v) is 9.35. The molecule has 4 nitrogen and oxygen atoms in total. The highest BCUT2D eigenvalue weighted by Gasteiger charge is 2.33. The lowest BCUT2D eigenvalue weighted by atomic mass is 10.2. The molecular formula is C14H16ClNO3S2. The highest BCUT2D eigenvalue weighted by molar-refractivity contribution is 7.91. The van der Waals surface area contributed by atoms with Crippen LogP contribution in [0.25, 0.3) is 10.1 Å². The van der Waals surface area contributed by atoms with Gasteiger partial charge in [-0.05, 0) is 48.4 Å². The zero-order chi connectivity index (χ0) is 15.2. The van der Waals surface area contributed by atoms with E-state index in [2.05, 4.69) is 0 Å². The number of sulfonamides is 1. The van der Waals surface area contributed by atoms with Gasteiger partial charge in [0.05, 0.1) is 6.10 Å². The van der Waals surface area contributed by atoms with Crippen LogP contribution >= 0.6 is 22.9 Å². The summed E-state index contributed by atoms with van der Waals surface area (Å²) in [6, 6.07) is 6.96. The third-order valence-corrected chi connectivity index (χ3v) is 7.35. The van der Waals surface area contributed by atoms with Gasteiger partial charge in [0, 0.05) is 23.3 Å². The number of nitrogens with zero attached hydrogens (tertiary/aromatic N) is 1. The molecule has 1 atom stereocenters. The van der Waals surface area contributed by atoms with Gasteiger partial charge in [0.1, 0.15) is 4.21 Å². The van der Waals surface area contributed by atoms with Gasteiger partial charge in [0.15, 0.2) is 0 Å². The van der Waals surface area contributed by atoms with Crippen LogP contribution in [0.4, 0.5) is 0 Å². The number of likely N-dealkylation sites (N-methyl/N-ethyl adjacent to an activating group) is 1. The fourth-order valence-corrected chi connectivity index (χ4v) is 5.22. The largest absolute Gasteiger partial charge is 0.391 e. The van der Waals surface area contributed by atoms with Crippen LogP contribution in [0, 0.1) is 5.92 Å². The molecule has 3 rings (SSSR count). The fraction of sp³-hybridized carbons (Fsp3) is 0.429. The lowest BCUT2D eigenvalue weighted by molar-refractivity contribution is 0.131. The second kappa shape index (κ2) is 5.52. The van der Waals surface area contributed by atoms with Gasteiger partial charge in [-0.15, -0.1) is 11.3 Å². The van der Waals surface area contributed by atoms with E-state index in [1.54, 1.807) is 18.2 Å². The normalized spacial score (nSPS) is 17.5. The highest BCUT2D eigenvalue weighted by Crippen LogP contribution is 2.35. The van der Waals surface area contributed by atoms with E-state index in [4.69, 9.17) is 11.6 Å². The lowest BCUT2D eigenvalue weighted by Crippen LogP contribution is -2.34. The summed E-state index contributed by atoms with van der Waals surface area (Å²) in [6.45, 7) is 0.141. The predicted octanol–water partition coefficient (Wildman–Crippen LogP) is 2.95. The Labute approximate surface area is 133 Å². The molecule has 0 bridgehead atoms. The second-order valence-corrected chi connectivity index (χ2v) is 9.23. The van der Waals surface area contributed by atoms with Gasteiger partial charge < -0.3 is 5.11 Å². The molecule has 0 aliphatic heterocycles. The summed E-state index contributed by atoms with van der Waals surface area (Å²) < 4.78 is 27.5. The Morgan fingerprint density at radius 1 is 1.43 bits per heavy atom. The molecule has 1 N–H and O–H groups in total. The van der Waals surface area contributed by atoms with Crippen LogP contribution in [0.15, 0.2) is 28.5 Å². The zero-order valence-corrected chi connectivity index (χ0v) is 13.9. The number of thiophene rings is 1. The molecule has 0 saturated heterocycles. The van der Waals surface area contributed by atoms with Crippen molar-refractivity contribution in [3.8, 4) is 0 Å². The van der Waals surface area contributed by atoms with Crippen LogP contribution in [0.5, 0.6) is 0 Å². The van der Waals surface area contributed by atoms with Gasteiger partial charge in [0.2, 0.25) is 0 Å². The number of hydrogen-bond acceptors (Lipinski definition) is 4. The van der Waals surface area contributed by atoms with Crippen LogP contribution in [0.3, 0.4) is 0 Å². The molecule has 1 saturated carbocycles. The average Bonchev–Trinajstić information content (AvgIpc) is 3.18. The van der Waals surface area contributed by atoms with E-state index >= 15 is 0 Å². The molecule has 1 fully saturated rings. The first kappa shape index (κ1) is 15.2. The van der Waals surface area contributed by atoms with Crippen molar-refractivity contribution in [2.24, 2.45) is 5.92 Å². The molecule has 1 aliphatic rings. The molecule has 114 valence electrons. The van der Waals surface area contributed by atoms with Gasteiger partial charge in [-0.3, -0.25) is 0 Å². The van der Waals surface area contributed by atoms with Gasteiger partial charge in [0.25, 0.3) is 10.0 Å². The molecule has 2 aromatic rings. The van der Waals surface area contributed by atoms with Crippen LogP contribution in [0.1, 0.15) is 12.8 Å². The number of aliphatic hydroxyl groups excluding tert-OH is 1. The Morgan fingerprint density at radius 2 is 2.14 bits per heavy atom. The third-order valence-electron chi connectivity index (χ3n) is 3.73. The lowest BCUT2D eigenvalue weighted by Gasteiger charge is -2.19. The van der Waals surface area contributed by atoms with Crippen molar-refractivity contribution in [3.63, 3.8) is 0 Å². The monoisotopic (exact) mass is 345 g/mol. The summed E-state index contributed by atoms with van der Waals surface area (Å²) >= 11 is 7.15. The van der Waals surface area contributed by atoms with E-state index in [-0.39, 0.29) is 16.7 Å². The van der Waals surface area contributed by atoms with Crippen molar-refractivity contribution >= 4 is 43.0 Å². The van der Waals surface area contributed by atoms with Gasteiger partial charge in [-0.2, -0.15) is 4.31 Å². The Kier molecular flexibility index (Phi) is 4.00.